The van der Waals surface area contributed by atoms with Crippen molar-refractivity contribution in [1.29, 1.82) is 0 Å². The Morgan fingerprint density at radius 2 is 2.00 bits per heavy atom. The number of methoxy groups -OCH3 is 1. The van der Waals surface area contributed by atoms with Crippen molar-refractivity contribution in [3.05, 3.63) is 11.9 Å². The molecule has 1 heterocycles. The molecule has 1 aliphatic rings. The number of hydrogen-bond acceptors (Lipinski definition) is 3. The first-order valence-electron chi connectivity index (χ1n) is 8.63. The summed E-state index contributed by atoms with van der Waals surface area (Å²) in [5.74, 6) is 1.76. The first-order valence-corrected chi connectivity index (χ1v) is 8.63. The molecule has 1 aliphatic carbocycles. The number of ether oxygens (including phenoxy) is 1. The number of rotatable bonds is 7. The molecule has 2 rings (SSSR count). The number of nitrogens with one attached hydrogen (secondary N) is 1. The Bertz CT molecular complexity index is 387. The lowest BCUT2D eigenvalue weighted by Gasteiger charge is -2.25. The van der Waals surface area contributed by atoms with Crippen LogP contribution in [0.3, 0.4) is 0 Å². The van der Waals surface area contributed by atoms with Gasteiger partial charge in [-0.1, -0.05) is 45.4 Å². The highest BCUT2D eigenvalue weighted by molar-refractivity contribution is 5.28. The zero-order valence-corrected chi connectivity index (χ0v) is 13.9. The molecule has 1 aromatic rings. The maximum Gasteiger partial charge on any atom is 0.161 e. The van der Waals surface area contributed by atoms with Crippen molar-refractivity contribution in [2.45, 2.75) is 71.4 Å². The molecule has 1 fully saturated rings. The first kappa shape index (κ1) is 16.3. The third-order valence-electron chi connectivity index (χ3n) is 4.69. The Labute approximate surface area is 129 Å². The zero-order valence-electron chi connectivity index (χ0n) is 13.9. The van der Waals surface area contributed by atoms with Crippen molar-refractivity contribution in [1.82, 2.24) is 15.1 Å². The topological polar surface area (TPSA) is 39.1 Å². The average Bonchev–Trinajstić information content (AvgIpc) is 2.75. The fourth-order valence-corrected chi connectivity index (χ4v) is 3.61. The van der Waals surface area contributed by atoms with Crippen LogP contribution < -0.4 is 10.1 Å². The SMILES string of the molecule is CCNC(CC1CCCCCC1)c1c(OC)cnn1CC. The maximum absolute atomic E-state index is 5.55. The second-order valence-corrected chi connectivity index (χ2v) is 6.12. The van der Waals surface area contributed by atoms with Crippen LogP contribution in [0.15, 0.2) is 6.20 Å². The van der Waals surface area contributed by atoms with E-state index < -0.39 is 0 Å². The Hall–Kier alpha value is -1.03. The predicted octanol–water partition coefficient (Wildman–Crippen LogP) is 3.92. The van der Waals surface area contributed by atoms with Gasteiger partial charge in [-0.25, -0.2) is 0 Å². The Balaban J connectivity index is 2.15. The third-order valence-corrected chi connectivity index (χ3v) is 4.69. The first-order chi connectivity index (χ1) is 10.3. The van der Waals surface area contributed by atoms with Gasteiger partial charge in [-0.2, -0.15) is 5.10 Å². The van der Waals surface area contributed by atoms with Crippen molar-refractivity contribution in [3.8, 4) is 5.75 Å². The summed E-state index contributed by atoms with van der Waals surface area (Å²) in [5, 5.41) is 8.13. The van der Waals surface area contributed by atoms with Gasteiger partial charge >= 0.3 is 0 Å². The highest BCUT2D eigenvalue weighted by atomic mass is 16.5. The molecular weight excluding hydrogens is 262 g/mol. The van der Waals surface area contributed by atoms with Crippen LogP contribution in [0.2, 0.25) is 0 Å². The molecule has 1 aromatic heterocycles. The molecule has 0 aliphatic heterocycles. The number of aromatic nitrogens is 2. The van der Waals surface area contributed by atoms with Crippen LogP contribution in [0.25, 0.3) is 0 Å². The second-order valence-electron chi connectivity index (χ2n) is 6.12. The molecule has 0 bridgehead atoms. The monoisotopic (exact) mass is 293 g/mol. The predicted molar refractivity (Wildman–Crippen MR) is 86.7 cm³/mol. The van der Waals surface area contributed by atoms with Gasteiger partial charge in [-0.3, -0.25) is 4.68 Å². The minimum Gasteiger partial charge on any atom is -0.493 e. The summed E-state index contributed by atoms with van der Waals surface area (Å²) in [4.78, 5) is 0. The third kappa shape index (κ3) is 4.22. The van der Waals surface area contributed by atoms with Crippen LogP contribution >= 0.6 is 0 Å². The lowest BCUT2D eigenvalue weighted by Crippen LogP contribution is -2.26. The normalized spacial score (nSPS) is 18.4. The molecular formula is C17H31N3O. The smallest absolute Gasteiger partial charge is 0.161 e. The fourth-order valence-electron chi connectivity index (χ4n) is 3.61. The van der Waals surface area contributed by atoms with Gasteiger partial charge in [0.05, 0.1) is 25.0 Å². The van der Waals surface area contributed by atoms with Crippen molar-refractivity contribution in [3.63, 3.8) is 0 Å². The number of aryl methyl sites for hydroxylation is 1. The lowest BCUT2D eigenvalue weighted by molar-refractivity contribution is 0.333. The van der Waals surface area contributed by atoms with Crippen molar-refractivity contribution in [2.24, 2.45) is 5.92 Å². The summed E-state index contributed by atoms with van der Waals surface area (Å²) < 4.78 is 7.63. The minimum absolute atomic E-state index is 0.357. The van der Waals surface area contributed by atoms with Crippen LogP contribution in [0, 0.1) is 5.92 Å². The summed E-state index contributed by atoms with van der Waals surface area (Å²) >= 11 is 0. The Kier molecular flexibility index (Phi) is 6.55. The molecule has 4 heteroatoms. The Morgan fingerprint density at radius 3 is 2.57 bits per heavy atom. The van der Waals surface area contributed by atoms with E-state index in [-0.39, 0.29) is 0 Å². The summed E-state index contributed by atoms with van der Waals surface area (Å²) in [6.45, 7) is 6.20. The summed E-state index contributed by atoms with van der Waals surface area (Å²) in [7, 11) is 1.75. The molecule has 120 valence electrons. The van der Waals surface area contributed by atoms with Crippen molar-refractivity contribution < 1.29 is 4.74 Å². The molecule has 1 unspecified atom stereocenters. The number of hydrogen-bond donors (Lipinski definition) is 1. The summed E-state index contributed by atoms with van der Waals surface area (Å²) in [5.41, 5.74) is 1.23. The van der Waals surface area contributed by atoms with Crippen LogP contribution in [0.1, 0.15) is 70.5 Å². The molecule has 1 saturated carbocycles. The highest BCUT2D eigenvalue weighted by Gasteiger charge is 2.24. The largest absolute Gasteiger partial charge is 0.493 e. The molecule has 0 amide bonds. The van der Waals surface area contributed by atoms with E-state index >= 15 is 0 Å². The van der Waals surface area contributed by atoms with Crippen LogP contribution in [-0.4, -0.2) is 23.4 Å². The standard InChI is InChI=1S/C17H31N3O/c1-4-18-15(12-14-10-8-6-7-9-11-14)17-16(21-3)13-19-20(17)5-2/h13-15,18H,4-12H2,1-3H3. The van der Waals surface area contributed by atoms with Gasteiger partial charge < -0.3 is 10.1 Å². The van der Waals surface area contributed by atoms with Crippen LogP contribution in [0.4, 0.5) is 0 Å². The van der Waals surface area contributed by atoms with Gasteiger partial charge in [-0.05, 0) is 25.8 Å². The maximum atomic E-state index is 5.55. The van der Waals surface area contributed by atoms with E-state index in [2.05, 4.69) is 28.9 Å². The average molecular weight is 293 g/mol. The van der Waals surface area contributed by atoms with E-state index in [1.807, 2.05) is 6.20 Å². The van der Waals surface area contributed by atoms with Crippen LogP contribution in [0.5, 0.6) is 5.75 Å². The zero-order chi connectivity index (χ0) is 15.1. The molecule has 0 saturated heterocycles. The molecule has 0 aromatic carbocycles. The van der Waals surface area contributed by atoms with E-state index in [0.29, 0.717) is 6.04 Å². The molecule has 0 radical (unpaired) electrons. The van der Waals surface area contributed by atoms with E-state index in [4.69, 9.17) is 4.74 Å². The lowest BCUT2D eigenvalue weighted by atomic mass is 9.91. The highest BCUT2D eigenvalue weighted by Crippen LogP contribution is 2.34. The molecule has 1 N–H and O–H groups in total. The van der Waals surface area contributed by atoms with E-state index in [9.17, 15) is 0 Å². The van der Waals surface area contributed by atoms with Crippen molar-refractivity contribution in [2.75, 3.05) is 13.7 Å². The van der Waals surface area contributed by atoms with Gasteiger partial charge in [0.15, 0.2) is 5.75 Å². The molecule has 0 spiro atoms. The van der Waals surface area contributed by atoms with Gasteiger partial charge in [0.2, 0.25) is 0 Å². The van der Waals surface area contributed by atoms with Gasteiger partial charge in [0.25, 0.3) is 0 Å². The number of nitrogens with zero attached hydrogens (tertiary/aromatic N) is 2. The molecule has 1 atom stereocenters. The Morgan fingerprint density at radius 1 is 1.29 bits per heavy atom. The van der Waals surface area contributed by atoms with Gasteiger partial charge in [-0.15, -0.1) is 0 Å². The van der Waals surface area contributed by atoms with Gasteiger partial charge in [0.1, 0.15) is 0 Å². The minimum atomic E-state index is 0.357. The van der Waals surface area contributed by atoms with E-state index in [0.717, 1.165) is 24.8 Å². The molecule has 4 nitrogen and oxygen atoms in total. The second kappa shape index (κ2) is 8.42. The molecule has 21 heavy (non-hydrogen) atoms. The van der Waals surface area contributed by atoms with Crippen molar-refractivity contribution >= 4 is 0 Å². The summed E-state index contributed by atoms with van der Waals surface area (Å²) in [6, 6.07) is 0.357. The summed E-state index contributed by atoms with van der Waals surface area (Å²) in [6.07, 6.45) is 11.4. The van der Waals surface area contributed by atoms with Crippen LogP contribution in [-0.2, 0) is 6.54 Å². The quantitative estimate of drug-likeness (QED) is 0.774. The van der Waals surface area contributed by atoms with E-state index in [1.54, 1.807) is 7.11 Å². The van der Waals surface area contributed by atoms with E-state index in [1.165, 1.54) is 50.6 Å². The fraction of sp³-hybridized carbons (Fsp3) is 0.824. The van der Waals surface area contributed by atoms with Gasteiger partial charge in [0, 0.05) is 6.54 Å².